The van der Waals surface area contributed by atoms with E-state index in [0.29, 0.717) is 11.6 Å². The van der Waals surface area contributed by atoms with Crippen molar-refractivity contribution in [3.05, 3.63) is 22.4 Å². The third kappa shape index (κ3) is 3.42. The molecule has 3 heterocycles. The van der Waals surface area contributed by atoms with E-state index in [4.69, 9.17) is 0 Å². The summed E-state index contributed by atoms with van der Waals surface area (Å²) in [6.45, 7) is 8.40. The fourth-order valence-corrected chi connectivity index (χ4v) is 4.23. The highest BCUT2D eigenvalue weighted by molar-refractivity contribution is 7.07. The summed E-state index contributed by atoms with van der Waals surface area (Å²) in [6, 6.07) is 2.93. The van der Waals surface area contributed by atoms with Crippen molar-refractivity contribution in [1.29, 1.82) is 0 Å². The Morgan fingerprint density at radius 1 is 1.35 bits per heavy atom. The Hall–Kier alpha value is -0.420. The van der Waals surface area contributed by atoms with Gasteiger partial charge in [0.2, 0.25) is 0 Å². The van der Waals surface area contributed by atoms with Gasteiger partial charge in [-0.05, 0) is 68.1 Å². The molecule has 0 bridgehead atoms. The first-order valence-electron chi connectivity index (χ1n) is 7.96. The lowest BCUT2D eigenvalue weighted by atomic mass is 9.86. The highest BCUT2D eigenvalue weighted by atomic mass is 32.1. The first kappa shape index (κ1) is 14.5. The van der Waals surface area contributed by atoms with Crippen LogP contribution in [-0.2, 0) is 6.54 Å². The van der Waals surface area contributed by atoms with E-state index in [-0.39, 0.29) is 0 Å². The molecule has 3 nitrogen and oxygen atoms in total. The van der Waals surface area contributed by atoms with Gasteiger partial charge in [-0.2, -0.15) is 11.3 Å². The molecule has 2 saturated heterocycles. The monoisotopic (exact) mass is 293 g/mol. The Kier molecular flexibility index (Phi) is 4.76. The summed E-state index contributed by atoms with van der Waals surface area (Å²) in [4.78, 5) is 2.75. The van der Waals surface area contributed by atoms with E-state index in [1.54, 1.807) is 11.3 Å². The van der Waals surface area contributed by atoms with Gasteiger partial charge in [-0.1, -0.05) is 0 Å². The van der Waals surface area contributed by atoms with Crippen molar-refractivity contribution in [3.63, 3.8) is 0 Å². The first-order valence-corrected chi connectivity index (χ1v) is 8.91. The van der Waals surface area contributed by atoms with Crippen molar-refractivity contribution in [2.75, 3.05) is 26.2 Å². The number of nitrogens with zero attached hydrogens (tertiary/aromatic N) is 1. The minimum atomic E-state index is 0.448. The summed E-state index contributed by atoms with van der Waals surface area (Å²) in [5, 5.41) is 11.6. The molecule has 0 amide bonds. The van der Waals surface area contributed by atoms with Crippen molar-refractivity contribution in [2.45, 2.75) is 50.7 Å². The van der Waals surface area contributed by atoms with Gasteiger partial charge in [-0.15, -0.1) is 0 Å². The summed E-state index contributed by atoms with van der Waals surface area (Å²) in [5.41, 5.74) is 1.88. The maximum atomic E-state index is 3.73. The van der Waals surface area contributed by atoms with Gasteiger partial charge >= 0.3 is 0 Å². The van der Waals surface area contributed by atoms with Crippen molar-refractivity contribution in [3.8, 4) is 0 Å². The van der Waals surface area contributed by atoms with Gasteiger partial charge < -0.3 is 10.6 Å². The summed E-state index contributed by atoms with van der Waals surface area (Å²) < 4.78 is 0. The summed E-state index contributed by atoms with van der Waals surface area (Å²) in [6.07, 6.45) is 5.21. The lowest BCUT2D eigenvalue weighted by molar-refractivity contribution is 0.0450. The van der Waals surface area contributed by atoms with Crippen LogP contribution in [0.15, 0.2) is 16.8 Å². The van der Waals surface area contributed by atoms with Crippen LogP contribution in [0.2, 0.25) is 0 Å². The highest BCUT2D eigenvalue weighted by Gasteiger charge is 2.35. The van der Waals surface area contributed by atoms with Gasteiger partial charge in [0.1, 0.15) is 0 Å². The van der Waals surface area contributed by atoms with Crippen LogP contribution in [0.25, 0.3) is 0 Å². The fraction of sp³-hybridized carbons (Fsp3) is 0.750. The van der Waals surface area contributed by atoms with Gasteiger partial charge in [-0.25, -0.2) is 0 Å². The molecule has 112 valence electrons. The van der Waals surface area contributed by atoms with Crippen molar-refractivity contribution in [1.82, 2.24) is 15.5 Å². The van der Waals surface area contributed by atoms with Crippen LogP contribution in [0, 0.1) is 0 Å². The van der Waals surface area contributed by atoms with Gasteiger partial charge in [-0.3, -0.25) is 4.90 Å². The molecule has 0 unspecified atom stereocenters. The molecule has 3 rings (SSSR count). The quantitative estimate of drug-likeness (QED) is 0.893. The minimum Gasteiger partial charge on any atom is -0.317 e. The number of rotatable bonds is 4. The summed E-state index contributed by atoms with van der Waals surface area (Å²) in [7, 11) is 0. The Bertz CT molecular complexity index is 390. The predicted molar refractivity (Wildman–Crippen MR) is 86.3 cm³/mol. The maximum Gasteiger partial charge on any atom is 0.0216 e. The molecule has 0 saturated carbocycles. The molecular formula is C16H27N3S. The topological polar surface area (TPSA) is 27.3 Å². The van der Waals surface area contributed by atoms with Gasteiger partial charge in [0.25, 0.3) is 0 Å². The summed E-state index contributed by atoms with van der Waals surface area (Å²) >= 11 is 1.79. The number of hydrogen-bond donors (Lipinski definition) is 2. The third-order valence-electron chi connectivity index (χ3n) is 5.11. The molecule has 2 N–H and O–H groups in total. The molecule has 2 fully saturated rings. The van der Waals surface area contributed by atoms with Crippen LogP contribution in [-0.4, -0.2) is 42.7 Å². The Balaban J connectivity index is 1.44. The average Bonchev–Trinajstić information content (AvgIpc) is 3.00. The van der Waals surface area contributed by atoms with Gasteiger partial charge in [0, 0.05) is 31.2 Å². The Labute approximate surface area is 126 Å². The second-order valence-electron chi connectivity index (χ2n) is 6.52. The standard InChI is InChI=1S/C16H27N3S/c1-16(5-7-17-8-6-16)19-9-2-15(3-10-19)18-12-14-4-11-20-13-14/h4,11,13,15,17-18H,2-3,5-10,12H2,1H3. The van der Waals surface area contributed by atoms with E-state index >= 15 is 0 Å². The second kappa shape index (κ2) is 6.56. The number of piperidine rings is 2. The predicted octanol–water partition coefficient (Wildman–Crippen LogP) is 2.44. The fourth-order valence-electron chi connectivity index (χ4n) is 3.56. The zero-order valence-corrected chi connectivity index (χ0v) is 13.3. The molecule has 1 aromatic rings. The van der Waals surface area contributed by atoms with E-state index in [2.05, 4.69) is 39.3 Å². The maximum absolute atomic E-state index is 3.73. The number of thiophene rings is 1. The molecule has 2 aliphatic heterocycles. The molecule has 0 aliphatic carbocycles. The van der Waals surface area contributed by atoms with Gasteiger partial charge in [0.05, 0.1) is 0 Å². The second-order valence-corrected chi connectivity index (χ2v) is 7.30. The molecule has 0 spiro atoms. The van der Waals surface area contributed by atoms with E-state index < -0.39 is 0 Å². The minimum absolute atomic E-state index is 0.448. The smallest absolute Gasteiger partial charge is 0.0216 e. The first-order chi connectivity index (χ1) is 9.76. The molecular weight excluding hydrogens is 266 g/mol. The van der Waals surface area contributed by atoms with Crippen LogP contribution in [0.5, 0.6) is 0 Å². The Morgan fingerprint density at radius 2 is 2.10 bits per heavy atom. The highest BCUT2D eigenvalue weighted by Crippen LogP contribution is 2.28. The average molecular weight is 293 g/mol. The van der Waals surface area contributed by atoms with E-state index in [1.807, 2.05) is 0 Å². The van der Waals surface area contributed by atoms with Crippen LogP contribution in [0.3, 0.4) is 0 Å². The lowest BCUT2D eigenvalue weighted by Crippen LogP contribution is -2.56. The third-order valence-corrected chi connectivity index (χ3v) is 5.85. The Morgan fingerprint density at radius 3 is 2.75 bits per heavy atom. The zero-order chi connectivity index (χ0) is 13.8. The molecule has 0 radical (unpaired) electrons. The largest absolute Gasteiger partial charge is 0.317 e. The number of nitrogens with one attached hydrogen (secondary N) is 2. The van der Waals surface area contributed by atoms with Crippen LogP contribution < -0.4 is 10.6 Å². The molecule has 4 heteroatoms. The van der Waals surface area contributed by atoms with Crippen molar-refractivity contribution >= 4 is 11.3 Å². The SMILES string of the molecule is CC1(N2CCC(NCc3ccsc3)CC2)CCNCC1. The van der Waals surface area contributed by atoms with Crippen molar-refractivity contribution in [2.24, 2.45) is 0 Å². The number of likely N-dealkylation sites (tertiary alicyclic amines) is 1. The molecule has 2 aliphatic rings. The zero-order valence-electron chi connectivity index (χ0n) is 12.5. The van der Waals surface area contributed by atoms with E-state index in [0.717, 1.165) is 6.54 Å². The van der Waals surface area contributed by atoms with E-state index in [1.165, 1.54) is 57.4 Å². The molecule has 0 aromatic carbocycles. The van der Waals surface area contributed by atoms with Crippen molar-refractivity contribution < 1.29 is 0 Å². The lowest BCUT2D eigenvalue weighted by Gasteiger charge is -2.47. The van der Waals surface area contributed by atoms with Crippen LogP contribution >= 0.6 is 11.3 Å². The molecule has 20 heavy (non-hydrogen) atoms. The normalized spacial score (nSPS) is 24.9. The van der Waals surface area contributed by atoms with Crippen LogP contribution in [0.4, 0.5) is 0 Å². The molecule has 0 atom stereocenters. The molecule has 1 aromatic heterocycles. The van der Waals surface area contributed by atoms with Gasteiger partial charge in [0.15, 0.2) is 0 Å². The number of hydrogen-bond acceptors (Lipinski definition) is 4. The van der Waals surface area contributed by atoms with Crippen LogP contribution in [0.1, 0.15) is 38.2 Å². The summed E-state index contributed by atoms with van der Waals surface area (Å²) in [5.74, 6) is 0. The van der Waals surface area contributed by atoms with E-state index in [9.17, 15) is 0 Å².